The molecule has 1 amide bonds. The molecule has 0 saturated carbocycles. The van der Waals surface area contributed by atoms with Crippen LogP contribution in [0.2, 0.25) is 0 Å². The van der Waals surface area contributed by atoms with E-state index in [1.54, 1.807) is 0 Å². The molecule has 1 aliphatic rings. The zero-order chi connectivity index (χ0) is 13.8. The highest BCUT2D eigenvalue weighted by Crippen LogP contribution is 2.17. The van der Waals surface area contributed by atoms with Crippen molar-refractivity contribution in [1.29, 1.82) is 0 Å². The monoisotopic (exact) mass is 255 g/mol. The molecule has 0 spiro atoms. The van der Waals surface area contributed by atoms with Crippen LogP contribution in [0.3, 0.4) is 0 Å². The summed E-state index contributed by atoms with van der Waals surface area (Å²) in [5, 5.41) is 0. The Morgan fingerprint density at radius 1 is 1.22 bits per heavy atom. The van der Waals surface area contributed by atoms with Gasteiger partial charge in [0.15, 0.2) is 0 Å². The summed E-state index contributed by atoms with van der Waals surface area (Å²) in [6.45, 7) is 13.1. The third-order valence-electron chi connectivity index (χ3n) is 3.80. The molecule has 1 unspecified atom stereocenters. The fourth-order valence-corrected chi connectivity index (χ4v) is 2.46. The van der Waals surface area contributed by atoms with Gasteiger partial charge in [-0.3, -0.25) is 9.69 Å². The molecule has 1 saturated heterocycles. The van der Waals surface area contributed by atoms with Crippen LogP contribution in [-0.4, -0.2) is 54.0 Å². The first kappa shape index (κ1) is 15.4. The maximum absolute atomic E-state index is 12.2. The van der Waals surface area contributed by atoms with E-state index in [-0.39, 0.29) is 11.5 Å². The molecule has 106 valence electrons. The van der Waals surface area contributed by atoms with Crippen LogP contribution < -0.4 is 5.73 Å². The molecule has 0 aromatic heterocycles. The Morgan fingerprint density at radius 3 is 2.22 bits per heavy atom. The maximum atomic E-state index is 12.2. The van der Waals surface area contributed by atoms with Gasteiger partial charge in [0, 0.05) is 37.6 Å². The summed E-state index contributed by atoms with van der Waals surface area (Å²) in [6.07, 6.45) is 1.85. The van der Waals surface area contributed by atoms with Crippen molar-refractivity contribution < 1.29 is 4.79 Å². The largest absolute Gasteiger partial charge is 0.340 e. The summed E-state index contributed by atoms with van der Waals surface area (Å²) in [6, 6.07) is 0. The summed E-state index contributed by atoms with van der Waals surface area (Å²) < 4.78 is 0. The van der Waals surface area contributed by atoms with Gasteiger partial charge in [0.05, 0.1) is 0 Å². The van der Waals surface area contributed by atoms with Gasteiger partial charge in [-0.25, -0.2) is 0 Å². The van der Waals surface area contributed by atoms with Crippen molar-refractivity contribution in [3.8, 4) is 0 Å². The van der Waals surface area contributed by atoms with Crippen molar-refractivity contribution in [2.24, 2.45) is 11.7 Å². The van der Waals surface area contributed by atoms with Gasteiger partial charge in [-0.2, -0.15) is 0 Å². The highest BCUT2D eigenvalue weighted by molar-refractivity contribution is 5.78. The van der Waals surface area contributed by atoms with E-state index in [4.69, 9.17) is 5.73 Å². The fourth-order valence-electron chi connectivity index (χ4n) is 2.46. The number of nitrogens with two attached hydrogens (primary N) is 1. The normalized spacial score (nSPS) is 19.9. The Bertz CT molecular complexity index is 265. The molecule has 18 heavy (non-hydrogen) atoms. The highest BCUT2D eigenvalue weighted by atomic mass is 16.2. The smallest absolute Gasteiger partial charge is 0.225 e. The van der Waals surface area contributed by atoms with E-state index < -0.39 is 0 Å². The van der Waals surface area contributed by atoms with Crippen molar-refractivity contribution >= 4 is 5.91 Å². The minimum Gasteiger partial charge on any atom is -0.340 e. The molecule has 0 aromatic carbocycles. The van der Waals surface area contributed by atoms with Crippen molar-refractivity contribution in [3.63, 3.8) is 0 Å². The van der Waals surface area contributed by atoms with Gasteiger partial charge >= 0.3 is 0 Å². The molecule has 0 bridgehead atoms. The lowest BCUT2D eigenvalue weighted by Gasteiger charge is -2.42. The first-order valence-corrected chi connectivity index (χ1v) is 7.10. The number of rotatable bonds is 4. The summed E-state index contributed by atoms with van der Waals surface area (Å²) in [4.78, 5) is 16.7. The molecule has 1 rings (SSSR count). The van der Waals surface area contributed by atoms with E-state index in [0.717, 1.165) is 39.0 Å². The molecule has 1 aliphatic heterocycles. The van der Waals surface area contributed by atoms with E-state index in [1.165, 1.54) is 0 Å². The zero-order valence-corrected chi connectivity index (χ0v) is 12.4. The summed E-state index contributed by atoms with van der Waals surface area (Å²) in [7, 11) is 0. The van der Waals surface area contributed by atoms with Crippen molar-refractivity contribution in [2.45, 2.75) is 46.1 Å². The average Bonchev–Trinajstić information content (AvgIpc) is 2.34. The Kier molecular flexibility index (Phi) is 5.60. The lowest BCUT2D eigenvalue weighted by molar-refractivity contribution is -0.137. The second kappa shape index (κ2) is 6.53. The zero-order valence-electron chi connectivity index (χ0n) is 12.4. The second-order valence-electron chi connectivity index (χ2n) is 6.32. The topological polar surface area (TPSA) is 49.6 Å². The molecule has 2 N–H and O–H groups in total. The standard InChI is InChI=1S/C14H29N3O/c1-12(6-5-7-15)13(18)16-8-10-17(11-9-16)14(2,3)4/h12H,5-11,15H2,1-4H3. The van der Waals surface area contributed by atoms with Crippen LogP contribution in [-0.2, 0) is 4.79 Å². The van der Waals surface area contributed by atoms with Crippen LogP contribution in [0, 0.1) is 5.92 Å². The number of carbonyl (C=O) groups excluding carboxylic acids is 1. The Labute approximate surface area is 111 Å². The van der Waals surface area contributed by atoms with E-state index in [1.807, 2.05) is 11.8 Å². The number of nitrogens with zero attached hydrogens (tertiary/aromatic N) is 2. The summed E-state index contributed by atoms with van der Waals surface area (Å²) >= 11 is 0. The van der Waals surface area contributed by atoms with E-state index in [2.05, 4.69) is 25.7 Å². The van der Waals surface area contributed by atoms with Crippen LogP contribution in [0.15, 0.2) is 0 Å². The van der Waals surface area contributed by atoms with E-state index >= 15 is 0 Å². The average molecular weight is 255 g/mol. The van der Waals surface area contributed by atoms with Gasteiger partial charge < -0.3 is 10.6 Å². The fraction of sp³-hybridized carbons (Fsp3) is 0.929. The van der Waals surface area contributed by atoms with Crippen molar-refractivity contribution in [1.82, 2.24) is 9.80 Å². The molecular formula is C14H29N3O. The first-order chi connectivity index (χ1) is 8.36. The van der Waals surface area contributed by atoms with Gasteiger partial charge in [-0.05, 0) is 40.2 Å². The van der Waals surface area contributed by atoms with Crippen LogP contribution in [0.25, 0.3) is 0 Å². The van der Waals surface area contributed by atoms with Crippen LogP contribution in [0.5, 0.6) is 0 Å². The minimum absolute atomic E-state index is 0.120. The molecule has 4 nitrogen and oxygen atoms in total. The Morgan fingerprint density at radius 2 is 1.78 bits per heavy atom. The first-order valence-electron chi connectivity index (χ1n) is 7.10. The molecular weight excluding hydrogens is 226 g/mol. The molecule has 1 atom stereocenters. The van der Waals surface area contributed by atoms with Crippen molar-refractivity contribution in [3.05, 3.63) is 0 Å². The number of carbonyl (C=O) groups is 1. The molecule has 1 heterocycles. The summed E-state index contributed by atoms with van der Waals surface area (Å²) in [5.41, 5.74) is 5.70. The lowest BCUT2D eigenvalue weighted by Crippen LogP contribution is -2.55. The highest BCUT2D eigenvalue weighted by Gasteiger charge is 2.29. The summed E-state index contributed by atoms with van der Waals surface area (Å²) in [5.74, 6) is 0.423. The third-order valence-corrected chi connectivity index (χ3v) is 3.80. The number of piperazine rings is 1. The van der Waals surface area contributed by atoms with Crippen molar-refractivity contribution in [2.75, 3.05) is 32.7 Å². The second-order valence-corrected chi connectivity index (χ2v) is 6.32. The number of hydrogen-bond donors (Lipinski definition) is 1. The van der Waals surface area contributed by atoms with E-state index in [9.17, 15) is 4.79 Å². The predicted molar refractivity (Wildman–Crippen MR) is 75.4 cm³/mol. The number of amides is 1. The van der Waals surface area contributed by atoms with Gasteiger partial charge in [0.25, 0.3) is 0 Å². The number of hydrogen-bond acceptors (Lipinski definition) is 3. The SMILES string of the molecule is CC(CCCN)C(=O)N1CCN(C(C)(C)C)CC1. The molecule has 0 aliphatic carbocycles. The molecule has 4 heteroatoms. The van der Waals surface area contributed by atoms with Crippen LogP contribution in [0.1, 0.15) is 40.5 Å². The van der Waals surface area contributed by atoms with Crippen LogP contribution >= 0.6 is 0 Å². The molecule has 0 aromatic rings. The van der Waals surface area contributed by atoms with Gasteiger partial charge in [-0.15, -0.1) is 0 Å². The predicted octanol–water partition coefficient (Wildman–Crippen LogP) is 1.30. The lowest BCUT2D eigenvalue weighted by atomic mass is 10.0. The minimum atomic E-state index is 0.120. The Hall–Kier alpha value is -0.610. The maximum Gasteiger partial charge on any atom is 0.225 e. The van der Waals surface area contributed by atoms with Gasteiger partial charge in [0.1, 0.15) is 0 Å². The van der Waals surface area contributed by atoms with Crippen LogP contribution in [0.4, 0.5) is 0 Å². The molecule has 0 radical (unpaired) electrons. The van der Waals surface area contributed by atoms with Gasteiger partial charge in [-0.1, -0.05) is 6.92 Å². The van der Waals surface area contributed by atoms with E-state index in [0.29, 0.717) is 12.5 Å². The molecule has 1 fully saturated rings. The van der Waals surface area contributed by atoms with Gasteiger partial charge in [0.2, 0.25) is 5.91 Å². The third kappa shape index (κ3) is 4.25. The quantitative estimate of drug-likeness (QED) is 0.824. The Balaban J connectivity index is 2.40.